The molecule has 1 aromatic heterocycles. The van der Waals surface area contributed by atoms with Crippen molar-refractivity contribution < 1.29 is 14.4 Å². The molecular formula is C12H9Cl2NO3. The third kappa shape index (κ3) is 2.21. The number of aromatic carboxylic acids is 1. The molecule has 0 saturated heterocycles. The Morgan fingerprint density at radius 1 is 1.44 bits per heavy atom. The predicted molar refractivity (Wildman–Crippen MR) is 68.3 cm³/mol. The summed E-state index contributed by atoms with van der Waals surface area (Å²) in [5, 5.41) is 13.7. The highest BCUT2D eigenvalue weighted by Gasteiger charge is 2.22. The molecule has 0 aliphatic carbocycles. The summed E-state index contributed by atoms with van der Waals surface area (Å²) in [7, 11) is 0. The third-order valence-corrected chi connectivity index (χ3v) is 3.07. The second-order valence-electron chi connectivity index (χ2n) is 3.62. The standard InChI is InChI=1S/C12H9Cl2NO3/c1-2-7-10(15-18-11(7)12(16)17)8-4-3-6(13)5-9(8)14/h3-5H,2H2,1H3,(H,16,17). The molecule has 0 radical (unpaired) electrons. The Labute approximate surface area is 113 Å². The second kappa shape index (κ2) is 5.00. The zero-order chi connectivity index (χ0) is 13.3. The van der Waals surface area contributed by atoms with Crippen LogP contribution in [0.3, 0.4) is 0 Å². The molecule has 1 N–H and O–H groups in total. The number of aromatic nitrogens is 1. The van der Waals surface area contributed by atoms with Gasteiger partial charge in [0.25, 0.3) is 0 Å². The fraction of sp³-hybridized carbons (Fsp3) is 0.167. The van der Waals surface area contributed by atoms with Gasteiger partial charge in [-0.05, 0) is 24.6 Å². The molecule has 0 atom stereocenters. The van der Waals surface area contributed by atoms with Crippen molar-refractivity contribution in [2.75, 3.05) is 0 Å². The summed E-state index contributed by atoms with van der Waals surface area (Å²) in [4.78, 5) is 11.0. The maximum absolute atomic E-state index is 11.0. The second-order valence-corrected chi connectivity index (χ2v) is 4.47. The van der Waals surface area contributed by atoms with Crippen molar-refractivity contribution in [3.63, 3.8) is 0 Å². The number of carboxylic acids is 1. The average Bonchev–Trinajstić information content (AvgIpc) is 2.72. The summed E-state index contributed by atoms with van der Waals surface area (Å²) >= 11 is 11.9. The summed E-state index contributed by atoms with van der Waals surface area (Å²) in [6, 6.07) is 4.93. The molecule has 18 heavy (non-hydrogen) atoms. The molecule has 1 aromatic carbocycles. The summed E-state index contributed by atoms with van der Waals surface area (Å²) in [5.41, 5.74) is 1.57. The van der Waals surface area contributed by atoms with Crippen LogP contribution in [0, 0.1) is 0 Å². The minimum absolute atomic E-state index is 0.154. The van der Waals surface area contributed by atoms with Crippen molar-refractivity contribution in [2.24, 2.45) is 0 Å². The summed E-state index contributed by atoms with van der Waals surface area (Å²) in [5.74, 6) is -1.30. The molecule has 0 aliphatic heterocycles. The smallest absolute Gasteiger partial charge is 0.375 e. The first-order valence-electron chi connectivity index (χ1n) is 5.21. The number of hydrogen-bond donors (Lipinski definition) is 1. The quantitative estimate of drug-likeness (QED) is 0.929. The number of halogens is 2. The van der Waals surface area contributed by atoms with Gasteiger partial charge in [0, 0.05) is 16.1 Å². The highest BCUT2D eigenvalue weighted by Crippen LogP contribution is 2.33. The van der Waals surface area contributed by atoms with E-state index in [4.69, 9.17) is 32.8 Å². The van der Waals surface area contributed by atoms with Crippen molar-refractivity contribution in [1.82, 2.24) is 5.16 Å². The topological polar surface area (TPSA) is 63.3 Å². The molecule has 1 heterocycles. The lowest BCUT2D eigenvalue weighted by molar-refractivity contribution is 0.0650. The van der Waals surface area contributed by atoms with E-state index in [9.17, 15) is 4.79 Å². The Morgan fingerprint density at radius 3 is 2.72 bits per heavy atom. The first-order valence-corrected chi connectivity index (χ1v) is 5.97. The zero-order valence-corrected chi connectivity index (χ0v) is 10.9. The molecular weight excluding hydrogens is 277 g/mol. The zero-order valence-electron chi connectivity index (χ0n) is 9.41. The number of carbonyl (C=O) groups is 1. The fourth-order valence-corrected chi connectivity index (χ4v) is 2.20. The maximum Gasteiger partial charge on any atom is 0.375 e. The van der Waals surface area contributed by atoms with Crippen LogP contribution in [-0.4, -0.2) is 16.2 Å². The highest BCUT2D eigenvalue weighted by atomic mass is 35.5. The molecule has 0 fully saturated rings. The molecule has 4 nitrogen and oxygen atoms in total. The number of nitrogens with zero attached hydrogens (tertiary/aromatic N) is 1. The highest BCUT2D eigenvalue weighted by molar-refractivity contribution is 6.36. The SMILES string of the molecule is CCc1c(-c2ccc(Cl)cc2Cl)noc1C(=O)O. The van der Waals surface area contributed by atoms with Crippen LogP contribution in [0.15, 0.2) is 22.7 Å². The van der Waals surface area contributed by atoms with Gasteiger partial charge >= 0.3 is 5.97 Å². The lowest BCUT2D eigenvalue weighted by atomic mass is 10.0. The Bertz CT molecular complexity index is 607. The first kappa shape index (κ1) is 12.9. The summed E-state index contributed by atoms with van der Waals surface area (Å²) in [6.07, 6.45) is 0.486. The number of carboxylic acid groups (broad SMARTS) is 1. The van der Waals surface area contributed by atoms with E-state index in [1.54, 1.807) is 18.2 Å². The summed E-state index contributed by atoms with van der Waals surface area (Å²) in [6.45, 7) is 1.83. The van der Waals surface area contributed by atoms with Gasteiger partial charge in [0.15, 0.2) is 0 Å². The van der Waals surface area contributed by atoms with E-state index in [-0.39, 0.29) is 5.76 Å². The van der Waals surface area contributed by atoms with Gasteiger partial charge in [0.05, 0.1) is 5.02 Å². The average molecular weight is 286 g/mol. The van der Waals surface area contributed by atoms with Gasteiger partial charge in [-0.1, -0.05) is 35.3 Å². The molecule has 0 amide bonds. The molecule has 0 saturated carbocycles. The van der Waals surface area contributed by atoms with E-state index in [1.807, 2.05) is 6.92 Å². The monoisotopic (exact) mass is 285 g/mol. The van der Waals surface area contributed by atoms with E-state index in [1.165, 1.54) is 0 Å². The molecule has 0 aliphatic rings. The Kier molecular flexibility index (Phi) is 3.59. The number of benzene rings is 1. The Balaban J connectivity index is 2.60. The van der Waals surface area contributed by atoms with Crippen molar-refractivity contribution in [1.29, 1.82) is 0 Å². The first-order chi connectivity index (χ1) is 8.54. The predicted octanol–water partition coefficient (Wildman–Crippen LogP) is 3.91. The fourth-order valence-electron chi connectivity index (χ4n) is 1.70. The Morgan fingerprint density at radius 2 is 2.17 bits per heavy atom. The van der Waals surface area contributed by atoms with E-state index in [0.29, 0.717) is 33.3 Å². The van der Waals surface area contributed by atoms with Crippen molar-refractivity contribution in [3.05, 3.63) is 39.6 Å². The van der Waals surface area contributed by atoms with Gasteiger partial charge in [-0.3, -0.25) is 0 Å². The molecule has 6 heteroatoms. The van der Waals surface area contributed by atoms with Crippen LogP contribution in [0.5, 0.6) is 0 Å². The lowest BCUT2D eigenvalue weighted by Gasteiger charge is -2.03. The van der Waals surface area contributed by atoms with E-state index in [0.717, 1.165) is 0 Å². The Hall–Kier alpha value is -1.52. The maximum atomic E-state index is 11.0. The number of rotatable bonds is 3. The van der Waals surface area contributed by atoms with Crippen molar-refractivity contribution >= 4 is 29.2 Å². The minimum atomic E-state index is -1.14. The summed E-state index contributed by atoms with van der Waals surface area (Å²) < 4.78 is 4.85. The molecule has 0 spiro atoms. The van der Waals surface area contributed by atoms with Crippen LogP contribution in [0.2, 0.25) is 10.0 Å². The van der Waals surface area contributed by atoms with Crippen LogP contribution in [0.4, 0.5) is 0 Å². The van der Waals surface area contributed by atoms with Crippen LogP contribution in [0.1, 0.15) is 23.0 Å². The molecule has 0 unspecified atom stereocenters. The largest absolute Gasteiger partial charge is 0.475 e. The van der Waals surface area contributed by atoms with E-state index in [2.05, 4.69) is 5.16 Å². The van der Waals surface area contributed by atoms with Crippen LogP contribution < -0.4 is 0 Å². The molecule has 0 bridgehead atoms. The van der Waals surface area contributed by atoms with Gasteiger partial charge < -0.3 is 9.63 Å². The van der Waals surface area contributed by atoms with E-state index >= 15 is 0 Å². The molecule has 94 valence electrons. The van der Waals surface area contributed by atoms with Gasteiger partial charge in [0.2, 0.25) is 5.76 Å². The van der Waals surface area contributed by atoms with Crippen LogP contribution in [0.25, 0.3) is 11.3 Å². The van der Waals surface area contributed by atoms with Crippen molar-refractivity contribution in [3.8, 4) is 11.3 Å². The van der Waals surface area contributed by atoms with Gasteiger partial charge in [-0.25, -0.2) is 4.79 Å². The number of hydrogen-bond acceptors (Lipinski definition) is 3. The van der Waals surface area contributed by atoms with E-state index < -0.39 is 5.97 Å². The third-order valence-electron chi connectivity index (χ3n) is 2.52. The molecule has 2 aromatic rings. The van der Waals surface area contributed by atoms with Crippen LogP contribution >= 0.6 is 23.2 Å². The van der Waals surface area contributed by atoms with Crippen molar-refractivity contribution in [2.45, 2.75) is 13.3 Å². The van der Waals surface area contributed by atoms with Gasteiger partial charge in [0.1, 0.15) is 5.69 Å². The normalized spacial score (nSPS) is 10.6. The van der Waals surface area contributed by atoms with Crippen LogP contribution in [-0.2, 0) is 6.42 Å². The minimum Gasteiger partial charge on any atom is -0.475 e. The van der Waals surface area contributed by atoms with Gasteiger partial charge in [-0.15, -0.1) is 0 Å². The lowest BCUT2D eigenvalue weighted by Crippen LogP contribution is -1.98. The molecule has 2 rings (SSSR count). The van der Waals surface area contributed by atoms with Gasteiger partial charge in [-0.2, -0.15) is 0 Å².